The molecule has 1 saturated heterocycles. The van der Waals surface area contributed by atoms with Gasteiger partial charge in [0.15, 0.2) is 6.10 Å². The van der Waals surface area contributed by atoms with Crippen molar-refractivity contribution >= 4 is 18.0 Å². The molecule has 0 radical (unpaired) electrons. The zero-order valence-electron chi connectivity index (χ0n) is 11.6. The van der Waals surface area contributed by atoms with Crippen molar-refractivity contribution < 1.29 is 29.0 Å². The average Bonchev–Trinajstić information content (AvgIpc) is 2.88. The van der Waals surface area contributed by atoms with Gasteiger partial charge in [-0.2, -0.15) is 0 Å². The molecular formula is C12H20N2O6. The average molecular weight is 288 g/mol. The maximum Gasteiger partial charge on any atom is 0.334 e. The van der Waals surface area contributed by atoms with Gasteiger partial charge in [-0.25, -0.2) is 14.4 Å². The van der Waals surface area contributed by atoms with Gasteiger partial charge < -0.3 is 24.8 Å². The number of rotatable bonds is 6. The van der Waals surface area contributed by atoms with Crippen molar-refractivity contribution in [1.29, 1.82) is 0 Å². The smallest absolute Gasteiger partial charge is 0.334 e. The highest BCUT2D eigenvalue weighted by atomic mass is 16.5. The minimum Gasteiger partial charge on any atom is -0.479 e. The number of ether oxygens (including phenoxy) is 2. The Kier molecular flexibility index (Phi) is 6.23. The highest BCUT2D eigenvalue weighted by Crippen LogP contribution is 2.18. The van der Waals surface area contributed by atoms with Crippen molar-refractivity contribution in [2.45, 2.75) is 31.9 Å². The Hall–Kier alpha value is -1.83. The van der Waals surface area contributed by atoms with Gasteiger partial charge in [-0.3, -0.25) is 0 Å². The molecule has 1 fully saturated rings. The molecule has 1 aliphatic heterocycles. The van der Waals surface area contributed by atoms with Crippen LogP contribution >= 0.6 is 0 Å². The van der Waals surface area contributed by atoms with Gasteiger partial charge in [0.1, 0.15) is 6.04 Å². The van der Waals surface area contributed by atoms with E-state index in [-0.39, 0.29) is 13.2 Å². The molecule has 0 saturated carbocycles. The maximum absolute atomic E-state index is 12.0. The van der Waals surface area contributed by atoms with E-state index in [1.807, 2.05) is 0 Å². The number of likely N-dealkylation sites (tertiary alicyclic amines) is 1. The molecule has 0 aliphatic carbocycles. The first kappa shape index (κ1) is 16.2. The molecule has 2 unspecified atom stereocenters. The number of aliphatic carboxylic acids is 1. The number of nitrogens with one attached hydrogen (secondary N) is 1. The fourth-order valence-electron chi connectivity index (χ4n) is 2.05. The topological polar surface area (TPSA) is 105 Å². The summed E-state index contributed by atoms with van der Waals surface area (Å²) in [7, 11) is 1.25. The zero-order valence-corrected chi connectivity index (χ0v) is 11.6. The first-order valence-electron chi connectivity index (χ1n) is 6.48. The van der Waals surface area contributed by atoms with Crippen LogP contribution in [0, 0.1) is 0 Å². The molecule has 8 nitrogen and oxygen atoms in total. The van der Waals surface area contributed by atoms with Crippen molar-refractivity contribution in [2.75, 3.05) is 26.8 Å². The molecule has 2 N–H and O–H groups in total. The number of nitrogens with zero attached hydrogens (tertiary/aromatic N) is 1. The fraction of sp³-hybridized carbons (Fsp3) is 0.750. The predicted molar refractivity (Wildman–Crippen MR) is 68.2 cm³/mol. The van der Waals surface area contributed by atoms with Gasteiger partial charge in [-0.1, -0.05) is 0 Å². The second-order valence-electron chi connectivity index (χ2n) is 4.35. The molecule has 2 atom stereocenters. The quantitative estimate of drug-likeness (QED) is 0.657. The van der Waals surface area contributed by atoms with Crippen molar-refractivity contribution in [2.24, 2.45) is 0 Å². The number of carbonyl (C=O) groups excluding carboxylic acids is 2. The van der Waals surface area contributed by atoms with Crippen LogP contribution in [0.2, 0.25) is 0 Å². The summed E-state index contributed by atoms with van der Waals surface area (Å²) in [6.45, 7) is 2.25. The van der Waals surface area contributed by atoms with Crippen LogP contribution in [0.3, 0.4) is 0 Å². The number of methoxy groups -OCH3 is 1. The Labute approximate surface area is 117 Å². The Balaban J connectivity index is 2.53. The predicted octanol–water partition coefficient (Wildman–Crippen LogP) is -0.177. The molecule has 0 aromatic rings. The molecule has 2 amide bonds. The number of esters is 1. The molecule has 1 rings (SSSR count). The van der Waals surface area contributed by atoms with E-state index in [0.29, 0.717) is 19.4 Å². The van der Waals surface area contributed by atoms with E-state index in [0.717, 1.165) is 0 Å². The van der Waals surface area contributed by atoms with Crippen LogP contribution in [0.25, 0.3) is 0 Å². The Morgan fingerprint density at radius 2 is 2.15 bits per heavy atom. The summed E-state index contributed by atoms with van der Waals surface area (Å²) in [5.74, 6) is -1.59. The van der Waals surface area contributed by atoms with Gasteiger partial charge in [-0.15, -0.1) is 0 Å². The molecule has 0 spiro atoms. The van der Waals surface area contributed by atoms with Gasteiger partial charge >= 0.3 is 18.0 Å². The summed E-state index contributed by atoms with van der Waals surface area (Å²) in [5, 5.41) is 11.3. The van der Waals surface area contributed by atoms with E-state index >= 15 is 0 Å². The van der Waals surface area contributed by atoms with E-state index in [1.54, 1.807) is 6.92 Å². The first-order valence-corrected chi connectivity index (χ1v) is 6.48. The highest BCUT2D eigenvalue weighted by molar-refractivity contribution is 5.84. The van der Waals surface area contributed by atoms with E-state index < -0.39 is 30.1 Å². The third-order valence-corrected chi connectivity index (χ3v) is 3.07. The number of amides is 2. The van der Waals surface area contributed by atoms with Gasteiger partial charge in [-0.05, 0) is 19.8 Å². The number of hydrogen-bond acceptors (Lipinski definition) is 5. The molecule has 114 valence electrons. The molecular weight excluding hydrogens is 268 g/mol. The molecule has 1 aliphatic rings. The largest absolute Gasteiger partial charge is 0.479 e. The second-order valence-corrected chi connectivity index (χ2v) is 4.35. The van der Waals surface area contributed by atoms with Crippen LogP contribution in [0.4, 0.5) is 4.79 Å². The SMILES string of the molecule is CCOC(=O)C1CCCN1C(=O)NCC(OC)C(=O)O. The summed E-state index contributed by atoms with van der Waals surface area (Å²) < 4.78 is 9.63. The van der Waals surface area contributed by atoms with Crippen LogP contribution in [-0.2, 0) is 19.1 Å². The number of carboxylic acids is 1. The third kappa shape index (κ3) is 4.09. The highest BCUT2D eigenvalue weighted by Gasteiger charge is 2.35. The van der Waals surface area contributed by atoms with E-state index in [9.17, 15) is 14.4 Å². The van der Waals surface area contributed by atoms with Gasteiger partial charge in [0.05, 0.1) is 13.2 Å². The Bertz CT molecular complexity index is 373. The van der Waals surface area contributed by atoms with Crippen LogP contribution in [0.1, 0.15) is 19.8 Å². The minimum atomic E-state index is -1.16. The lowest BCUT2D eigenvalue weighted by molar-refractivity contribution is -0.149. The summed E-state index contributed by atoms with van der Waals surface area (Å²) in [6, 6.07) is -1.08. The van der Waals surface area contributed by atoms with Crippen LogP contribution in [-0.4, -0.2) is 66.9 Å². The second kappa shape index (κ2) is 7.68. The molecule has 20 heavy (non-hydrogen) atoms. The zero-order chi connectivity index (χ0) is 15.1. The summed E-state index contributed by atoms with van der Waals surface area (Å²) in [6.07, 6.45) is 0.158. The number of carboxylic acid groups (broad SMARTS) is 1. The van der Waals surface area contributed by atoms with Crippen LogP contribution in [0.5, 0.6) is 0 Å². The fourth-order valence-corrected chi connectivity index (χ4v) is 2.05. The normalized spacial score (nSPS) is 19.5. The first-order chi connectivity index (χ1) is 9.51. The summed E-state index contributed by atoms with van der Waals surface area (Å²) >= 11 is 0. The van der Waals surface area contributed by atoms with E-state index in [2.05, 4.69) is 5.32 Å². The van der Waals surface area contributed by atoms with Crippen molar-refractivity contribution in [3.63, 3.8) is 0 Å². The lowest BCUT2D eigenvalue weighted by atomic mass is 10.2. The summed E-state index contributed by atoms with van der Waals surface area (Å²) in [5.41, 5.74) is 0. The van der Waals surface area contributed by atoms with Crippen molar-refractivity contribution in [1.82, 2.24) is 10.2 Å². The Morgan fingerprint density at radius 3 is 2.70 bits per heavy atom. The Morgan fingerprint density at radius 1 is 1.45 bits per heavy atom. The summed E-state index contributed by atoms with van der Waals surface area (Å²) in [4.78, 5) is 35.8. The van der Waals surface area contributed by atoms with Crippen molar-refractivity contribution in [3.8, 4) is 0 Å². The molecule has 1 heterocycles. The lowest BCUT2D eigenvalue weighted by Gasteiger charge is -2.24. The van der Waals surface area contributed by atoms with Gasteiger partial charge in [0.25, 0.3) is 0 Å². The molecule has 0 aromatic carbocycles. The van der Waals surface area contributed by atoms with Crippen LogP contribution in [0.15, 0.2) is 0 Å². The molecule has 0 aromatic heterocycles. The minimum absolute atomic E-state index is 0.156. The van der Waals surface area contributed by atoms with Crippen LogP contribution < -0.4 is 5.32 Å². The van der Waals surface area contributed by atoms with Crippen molar-refractivity contribution in [3.05, 3.63) is 0 Å². The van der Waals surface area contributed by atoms with E-state index in [4.69, 9.17) is 14.6 Å². The monoisotopic (exact) mass is 288 g/mol. The third-order valence-electron chi connectivity index (χ3n) is 3.07. The van der Waals surface area contributed by atoms with E-state index in [1.165, 1.54) is 12.0 Å². The van der Waals surface area contributed by atoms with Gasteiger partial charge in [0, 0.05) is 13.7 Å². The standard InChI is InChI=1S/C12H20N2O6/c1-3-20-11(17)8-5-4-6-14(8)12(18)13-7-9(19-2)10(15)16/h8-9H,3-7H2,1-2H3,(H,13,18)(H,15,16). The number of hydrogen-bond donors (Lipinski definition) is 2. The van der Waals surface area contributed by atoms with Gasteiger partial charge in [0.2, 0.25) is 0 Å². The lowest BCUT2D eigenvalue weighted by Crippen LogP contribution is -2.49. The number of carbonyl (C=O) groups is 3. The molecule has 0 bridgehead atoms. The number of urea groups is 1. The molecule has 8 heteroatoms. The maximum atomic E-state index is 12.0.